The molecule has 0 bridgehead atoms. The van der Waals surface area contributed by atoms with Gasteiger partial charge in [-0.2, -0.15) is 5.26 Å². The lowest BCUT2D eigenvalue weighted by molar-refractivity contribution is -0.133. The summed E-state index contributed by atoms with van der Waals surface area (Å²) in [4.78, 5) is 12.0. The zero-order valence-corrected chi connectivity index (χ0v) is 10.2. The van der Waals surface area contributed by atoms with Gasteiger partial charge in [-0.15, -0.1) is 0 Å². The number of ether oxygens (including phenoxy) is 1. The van der Waals surface area contributed by atoms with Gasteiger partial charge in [-0.25, -0.2) is 0 Å². The Labute approximate surface area is 97.0 Å². The highest BCUT2D eigenvalue weighted by atomic mass is 16.5. The SMILES string of the molecule is COCC(NC(=O)C1(C#N)CCC1)C(C)C. The van der Waals surface area contributed by atoms with Crippen molar-refractivity contribution < 1.29 is 9.53 Å². The Morgan fingerprint density at radius 1 is 1.56 bits per heavy atom. The van der Waals surface area contributed by atoms with Gasteiger partial charge in [0.25, 0.3) is 0 Å². The quantitative estimate of drug-likeness (QED) is 0.769. The Balaban J connectivity index is 2.58. The molecule has 1 amide bonds. The van der Waals surface area contributed by atoms with Crippen molar-refractivity contribution >= 4 is 5.91 Å². The molecule has 1 rings (SSSR count). The van der Waals surface area contributed by atoms with E-state index in [0.29, 0.717) is 25.4 Å². The number of hydrogen-bond acceptors (Lipinski definition) is 3. The standard InChI is InChI=1S/C12H20N2O2/c1-9(2)10(7-16-3)14-11(15)12(8-13)5-4-6-12/h9-10H,4-7H2,1-3H3,(H,14,15). The zero-order valence-electron chi connectivity index (χ0n) is 10.2. The molecule has 4 nitrogen and oxygen atoms in total. The van der Waals surface area contributed by atoms with Gasteiger partial charge >= 0.3 is 0 Å². The van der Waals surface area contributed by atoms with Crippen LogP contribution >= 0.6 is 0 Å². The molecule has 1 aliphatic rings. The molecule has 16 heavy (non-hydrogen) atoms. The van der Waals surface area contributed by atoms with Gasteiger partial charge in [0.2, 0.25) is 5.91 Å². The van der Waals surface area contributed by atoms with Crippen molar-refractivity contribution in [2.24, 2.45) is 11.3 Å². The van der Waals surface area contributed by atoms with E-state index < -0.39 is 5.41 Å². The van der Waals surface area contributed by atoms with E-state index in [0.717, 1.165) is 6.42 Å². The highest BCUT2D eigenvalue weighted by molar-refractivity contribution is 5.86. The second-order valence-corrected chi connectivity index (χ2v) is 4.83. The van der Waals surface area contributed by atoms with Crippen molar-refractivity contribution in [3.05, 3.63) is 0 Å². The molecule has 4 heteroatoms. The average Bonchev–Trinajstić information content (AvgIpc) is 2.16. The minimum absolute atomic E-state index is 0.0108. The predicted molar refractivity (Wildman–Crippen MR) is 60.5 cm³/mol. The van der Waals surface area contributed by atoms with E-state index >= 15 is 0 Å². The first-order valence-corrected chi connectivity index (χ1v) is 5.77. The number of carbonyl (C=O) groups excluding carboxylic acids is 1. The first-order chi connectivity index (χ1) is 7.55. The fraction of sp³-hybridized carbons (Fsp3) is 0.833. The van der Waals surface area contributed by atoms with E-state index in [1.807, 2.05) is 13.8 Å². The molecule has 1 fully saturated rings. The maximum absolute atomic E-state index is 12.0. The van der Waals surface area contributed by atoms with Crippen molar-refractivity contribution in [3.63, 3.8) is 0 Å². The molecule has 90 valence electrons. The van der Waals surface area contributed by atoms with Gasteiger partial charge in [0.05, 0.1) is 18.7 Å². The van der Waals surface area contributed by atoms with Gasteiger partial charge < -0.3 is 10.1 Å². The topological polar surface area (TPSA) is 62.1 Å². The number of methoxy groups -OCH3 is 1. The molecule has 0 spiro atoms. The first-order valence-electron chi connectivity index (χ1n) is 5.77. The van der Waals surface area contributed by atoms with Crippen molar-refractivity contribution in [3.8, 4) is 6.07 Å². The molecule has 0 radical (unpaired) electrons. The van der Waals surface area contributed by atoms with E-state index in [1.165, 1.54) is 0 Å². The van der Waals surface area contributed by atoms with Crippen LogP contribution in [0, 0.1) is 22.7 Å². The van der Waals surface area contributed by atoms with Gasteiger partial charge in [-0.1, -0.05) is 13.8 Å². The Kier molecular flexibility index (Phi) is 4.31. The molecule has 1 saturated carbocycles. The maximum Gasteiger partial charge on any atom is 0.240 e. The molecule has 0 aromatic rings. The monoisotopic (exact) mass is 224 g/mol. The fourth-order valence-corrected chi connectivity index (χ4v) is 1.81. The summed E-state index contributed by atoms with van der Waals surface area (Å²) in [7, 11) is 1.62. The van der Waals surface area contributed by atoms with Crippen LogP contribution in [0.15, 0.2) is 0 Å². The van der Waals surface area contributed by atoms with Crippen molar-refractivity contribution in [1.82, 2.24) is 5.32 Å². The molecule has 1 aliphatic carbocycles. The molecule has 0 aromatic carbocycles. The van der Waals surface area contributed by atoms with Gasteiger partial charge in [0, 0.05) is 7.11 Å². The van der Waals surface area contributed by atoms with E-state index in [4.69, 9.17) is 10.00 Å². The van der Waals surface area contributed by atoms with Crippen molar-refractivity contribution in [1.29, 1.82) is 5.26 Å². The number of amides is 1. The van der Waals surface area contributed by atoms with E-state index in [9.17, 15) is 4.79 Å². The van der Waals surface area contributed by atoms with Crippen LogP contribution in [-0.4, -0.2) is 25.7 Å². The minimum atomic E-state index is -0.763. The van der Waals surface area contributed by atoms with Gasteiger partial charge in [0.1, 0.15) is 5.41 Å². The Hall–Kier alpha value is -1.08. The molecule has 0 aromatic heterocycles. The lowest BCUT2D eigenvalue weighted by atomic mass is 9.69. The molecule has 1 N–H and O–H groups in total. The minimum Gasteiger partial charge on any atom is -0.383 e. The molecular formula is C12H20N2O2. The van der Waals surface area contributed by atoms with Crippen LogP contribution in [0.1, 0.15) is 33.1 Å². The number of nitriles is 1. The number of carbonyl (C=O) groups is 1. The molecular weight excluding hydrogens is 204 g/mol. The van der Waals surface area contributed by atoms with Crippen LogP contribution in [0.2, 0.25) is 0 Å². The van der Waals surface area contributed by atoms with Gasteiger partial charge in [-0.3, -0.25) is 4.79 Å². The molecule has 1 atom stereocenters. The Bertz CT molecular complexity index is 290. The molecule has 0 saturated heterocycles. The summed E-state index contributed by atoms with van der Waals surface area (Å²) in [5.41, 5.74) is -0.763. The average molecular weight is 224 g/mol. The first kappa shape index (κ1) is 13.0. The molecule has 0 heterocycles. The van der Waals surface area contributed by atoms with E-state index in [-0.39, 0.29) is 11.9 Å². The smallest absolute Gasteiger partial charge is 0.240 e. The Morgan fingerprint density at radius 2 is 2.19 bits per heavy atom. The molecule has 0 aliphatic heterocycles. The normalized spacial score (nSPS) is 19.7. The summed E-state index contributed by atoms with van der Waals surface area (Å²) < 4.78 is 5.07. The van der Waals surface area contributed by atoms with E-state index in [1.54, 1.807) is 7.11 Å². The van der Waals surface area contributed by atoms with Crippen LogP contribution in [0.5, 0.6) is 0 Å². The number of rotatable bonds is 5. The van der Waals surface area contributed by atoms with Crippen molar-refractivity contribution in [2.75, 3.05) is 13.7 Å². The maximum atomic E-state index is 12.0. The van der Waals surface area contributed by atoms with Crippen LogP contribution < -0.4 is 5.32 Å². The third kappa shape index (κ3) is 2.53. The van der Waals surface area contributed by atoms with Gasteiger partial charge in [0.15, 0.2) is 0 Å². The summed E-state index contributed by atoms with van der Waals surface area (Å²) in [6.45, 7) is 4.55. The summed E-state index contributed by atoms with van der Waals surface area (Å²) in [6, 6.07) is 2.14. The van der Waals surface area contributed by atoms with Crippen LogP contribution in [0.3, 0.4) is 0 Å². The number of hydrogen-bond donors (Lipinski definition) is 1. The van der Waals surface area contributed by atoms with Crippen LogP contribution in [0.4, 0.5) is 0 Å². The Morgan fingerprint density at radius 3 is 2.50 bits per heavy atom. The van der Waals surface area contributed by atoms with Gasteiger partial charge in [-0.05, 0) is 25.2 Å². The predicted octanol–water partition coefficient (Wildman–Crippen LogP) is 1.47. The lowest BCUT2D eigenvalue weighted by Crippen LogP contribution is -2.51. The second kappa shape index (κ2) is 5.31. The fourth-order valence-electron chi connectivity index (χ4n) is 1.81. The summed E-state index contributed by atoms with van der Waals surface area (Å²) >= 11 is 0. The number of nitrogens with one attached hydrogen (secondary N) is 1. The summed E-state index contributed by atoms with van der Waals surface area (Å²) in [6.07, 6.45) is 2.35. The number of nitrogens with zero attached hydrogens (tertiary/aromatic N) is 1. The highest BCUT2D eigenvalue weighted by Gasteiger charge is 2.45. The van der Waals surface area contributed by atoms with Crippen molar-refractivity contribution in [2.45, 2.75) is 39.2 Å². The summed E-state index contributed by atoms with van der Waals surface area (Å²) in [5.74, 6) is 0.178. The van der Waals surface area contributed by atoms with Crippen LogP contribution in [0.25, 0.3) is 0 Å². The largest absolute Gasteiger partial charge is 0.383 e. The third-order valence-electron chi connectivity index (χ3n) is 3.32. The second-order valence-electron chi connectivity index (χ2n) is 4.83. The third-order valence-corrected chi connectivity index (χ3v) is 3.32. The lowest BCUT2D eigenvalue weighted by Gasteiger charge is -2.35. The highest BCUT2D eigenvalue weighted by Crippen LogP contribution is 2.40. The van der Waals surface area contributed by atoms with E-state index in [2.05, 4.69) is 11.4 Å². The molecule has 1 unspecified atom stereocenters. The zero-order chi connectivity index (χ0) is 12.2. The van der Waals surface area contributed by atoms with Crippen LogP contribution in [-0.2, 0) is 9.53 Å². The summed E-state index contributed by atoms with van der Waals surface area (Å²) in [5, 5.41) is 12.0.